The number of pyridine rings is 1. The number of methoxy groups -OCH3 is 1. The smallest absolute Gasteiger partial charge is 0.295 e. The molecule has 3 aromatic rings. The fraction of sp³-hybridized carbons (Fsp3) is 0.227. The van der Waals surface area contributed by atoms with Crippen LogP contribution in [0.2, 0.25) is 0 Å². The van der Waals surface area contributed by atoms with Crippen LogP contribution in [0.5, 0.6) is 0 Å². The van der Waals surface area contributed by atoms with Crippen LogP contribution in [-0.4, -0.2) is 56.3 Å². The Bertz CT molecular complexity index is 1280. The van der Waals surface area contributed by atoms with E-state index in [2.05, 4.69) is 4.98 Å². The van der Waals surface area contributed by atoms with Gasteiger partial charge in [0.25, 0.3) is 17.4 Å². The summed E-state index contributed by atoms with van der Waals surface area (Å²) >= 11 is 0. The quantitative estimate of drug-likeness (QED) is 0.207. The molecule has 0 aliphatic carbocycles. The summed E-state index contributed by atoms with van der Waals surface area (Å²) < 4.78 is 6.69. The number of aromatic nitrogens is 2. The van der Waals surface area contributed by atoms with Crippen molar-refractivity contribution < 1.29 is 24.4 Å². The van der Waals surface area contributed by atoms with Gasteiger partial charge in [0.1, 0.15) is 11.3 Å². The zero-order valence-corrected chi connectivity index (χ0v) is 17.4. The minimum atomic E-state index is -1.02. The number of carbonyl (C=O) groups excluding carboxylic acids is 2. The van der Waals surface area contributed by atoms with E-state index in [1.165, 1.54) is 30.2 Å². The normalized spacial score (nSPS) is 17.9. The monoisotopic (exact) mass is 436 g/mol. The number of nitro benzene ring substituents is 1. The van der Waals surface area contributed by atoms with Crippen LogP contribution in [0, 0.1) is 17.0 Å². The molecule has 1 amide bonds. The Hall–Kier alpha value is -4.05. The second-order valence-corrected chi connectivity index (χ2v) is 7.31. The van der Waals surface area contributed by atoms with Crippen LogP contribution in [0.4, 0.5) is 5.69 Å². The topological polar surface area (TPSA) is 127 Å². The number of aliphatic hydroxyl groups excluding tert-OH is 1. The predicted molar refractivity (Wildman–Crippen MR) is 114 cm³/mol. The van der Waals surface area contributed by atoms with Crippen LogP contribution in [0.3, 0.4) is 0 Å². The van der Waals surface area contributed by atoms with E-state index in [0.717, 1.165) is 0 Å². The Kier molecular flexibility index (Phi) is 5.45. The number of nitro groups is 1. The zero-order valence-electron chi connectivity index (χ0n) is 17.4. The van der Waals surface area contributed by atoms with Crippen molar-refractivity contribution in [1.29, 1.82) is 0 Å². The molecule has 164 valence electrons. The molecule has 1 atom stereocenters. The summed E-state index contributed by atoms with van der Waals surface area (Å²) in [5, 5.41) is 22.6. The van der Waals surface area contributed by atoms with Crippen LogP contribution in [0.25, 0.3) is 11.4 Å². The van der Waals surface area contributed by atoms with Crippen molar-refractivity contribution in [3.63, 3.8) is 0 Å². The first-order chi connectivity index (χ1) is 15.3. The van der Waals surface area contributed by atoms with Gasteiger partial charge in [-0.3, -0.25) is 24.1 Å². The largest absolute Gasteiger partial charge is 0.505 e. The number of carbonyl (C=O) groups is 2. The molecule has 4 rings (SSSR count). The van der Waals surface area contributed by atoms with Gasteiger partial charge in [0, 0.05) is 32.0 Å². The highest BCUT2D eigenvalue weighted by atomic mass is 16.6. The predicted octanol–water partition coefficient (Wildman–Crippen LogP) is 2.62. The third-order valence-electron chi connectivity index (χ3n) is 5.40. The number of aryl methyl sites for hydroxylation is 1. The van der Waals surface area contributed by atoms with E-state index in [1.807, 2.05) is 0 Å². The molecule has 32 heavy (non-hydrogen) atoms. The van der Waals surface area contributed by atoms with Gasteiger partial charge in [-0.05, 0) is 24.6 Å². The molecule has 1 fully saturated rings. The molecule has 1 aliphatic rings. The Morgan fingerprint density at radius 3 is 2.75 bits per heavy atom. The Balaban J connectivity index is 1.96. The summed E-state index contributed by atoms with van der Waals surface area (Å²) in [5.41, 5.74) is 1.30. The SMILES string of the molecule is COCCN1C(=O)C(=O)C(=C(O)c2c(C)nc3ccccn23)C1c1cccc([N+](=O)[O-])c1. The van der Waals surface area contributed by atoms with Gasteiger partial charge in [0.05, 0.1) is 28.8 Å². The molecule has 10 heteroatoms. The van der Waals surface area contributed by atoms with Gasteiger partial charge in [-0.2, -0.15) is 0 Å². The van der Waals surface area contributed by atoms with Crippen molar-refractivity contribution >= 4 is 28.8 Å². The fourth-order valence-electron chi connectivity index (χ4n) is 3.98. The number of fused-ring (bicyclic) bond motifs is 1. The van der Waals surface area contributed by atoms with Gasteiger partial charge in [-0.25, -0.2) is 4.98 Å². The van der Waals surface area contributed by atoms with Crippen LogP contribution < -0.4 is 0 Å². The second kappa shape index (κ2) is 8.23. The first kappa shape index (κ1) is 21.2. The molecule has 0 spiro atoms. The van der Waals surface area contributed by atoms with Crippen molar-refractivity contribution in [1.82, 2.24) is 14.3 Å². The van der Waals surface area contributed by atoms with Gasteiger partial charge in [0.15, 0.2) is 5.76 Å². The number of amides is 1. The average Bonchev–Trinajstić information content (AvgIpc) is 3.25. The molecule has 1 saturated heterocycles. The minimum absolute atomic E-state index is 0.0668. The van der Waals surface area contributed by atoms with E-state index in [0.29, 0.717) is 16.9 Å². The summed E-state index contributed by atoms with van der Waals surface area (Å²) in [4.78, 5) is 42.3. The van der Waals surface area contributed by atoms with E-state index in [4.69, 9.17) is 4.74 Å². The minimum Gasteiger partial charge on any atom is -0.505 e. The molecule has 0 radical (unpaired) electrons. The first-order valence-electron chi connectivity index (χ1n) is 9.81. The lowest BCUT2D eigenvalue weighted by atomic mass is 9.96. The lowest BCUT2D eigenvalue weighted by molar-refractivity contribution is -0.384. The first-order valence-corrected chi connectivity index (χ1v) is 9.81. The van der Waals surface area contributed by atoms with Gasteiger partial charge in [-0.1, -0.05) is 18.2 Å². The number of Topliss-reactive ketones (excluding diaryl/α,β-unsaturated/α-hetero) is 1. The Morgan fingerprint density at radius 2 is 2.03 bits per heavy atom. The fourth-order valence-corrected chi connectivity index (χ4v) is 3.98. The average molecular weight is 436 g/mol. The third-order valence-corrected chi connectivity index (χ3v) is 5.40. The summed E-state index contributed by atoms with van der Waals surface area (Å²) in [6.07, 6.45) is 1.69. The molecule has 1 aliphatic heterocycles. The number of hydrogen-bond acceptors (Lipinski definition) is 7. The van der Waals surface area contributed by atoms with Crippen LogP contribution in [-0.2, 0) is 14.3 Å². The molecule has 1 unspecified atom stereocenters. The van der Waals surface area contributed by atoms with E-state index in [1.54, 1.807) is 41.8 Å². The number of non-ortho nitro benzene ring substituents is 1. The number of nitrogens with zero attached hydrogens (tertiary/aromatic N) is 4. The molecule has 0 bridgehead atoms. The highest BCUT2D eigenvalue weighted by Crippen LogP contribution is 2.40. The third kappa shape index (κ3) is 3.40. The molecule has 10 nitrogen and oxygen atoms in total. The number of aliphatic hydroxyl groups is 1. The van der Waals surface area contributed by atoms with Crippen molar-refractivity contribution in [2.75, 3.05) is 20.3 Å². The van der Waals surface area contributed by atoms with Crippen LogP contribution in [0.1, 0.15) is 23.0 Å². The highest BCUT2D eigenvalue weighted by Gasteiger charge is 2.46. The summed E-state index contributed by atoms with van der Waals surface area (Å²) in [6.45, 7) is 1.90. The van der Waals surface area contributed by atoms with Crippen molar-refractivity contribution in [2.24, 2.45) is 0 Å². The van der Waals surface area contributed by atoms with Crippen molar-refractivity contribution in [3.8, 4) is 0 Å². The van der Waals surface area contributed by atoms with E-state index >= 15 is 0 Å². The standard InChI is InChI=1S/C22H20N4O6/c1-13-18(24-9-4-3-8-16(24)23-13)20(27)17-19(14-6-5-7-15(12-14)26(30)31)25(10-11-32-2)22(29)21(17)28/h3-9,12,19,27H,10-11H2,1-2H3. The number of ether oxygens (including phenoxy) is 1. The number of imidazole rings is 1. The number of rotatable bonds is 6. The lowest BCUT2D eigenvalue weighted by Crippen LogP contribution is -2.32. The second-order valence-electron chi connectivity index (χ2n) is 7.31. The van der Waals surface area contributed by atoms with E-state index in [-0.39, 0.29) is 30.1 Å². The number of hydrogen-bond donors (Lipinski definition) is 1. The molecular formula is C22H20N4O6. The van der Waals surface area contributed by atoms with E-state index < -0.39 is 28.4 Å². The summed E-state index contributed by atoms with van der Waals surface area (Å²) in [5.74, 6) is -2.08. The maximum absolute atomic E-state index is 13.1. The number of benzene rings is 1. The van der Waals surface area contributed by atoms with Gasteiger partial charge in [-0.15, -0.1) is 0 Å². The van der Waals surface area contributed by atoms with Crippen molar-refractivity contribution in [2.45, 2.75) is 13.0 Å². The molecule has 1 N–H and O–H groups in total. The van der Waals surface area contributed by atoms with Gasteiger partial charge < -0.3 is 14.7 Å². The molecule has 1 aromatic carbocycles. The van der Waals surface area contributed by atoms with Crippen LogP contribution >= 0.6 is 0 Å². The molecule has 3 heterocycles. The Morgan fingerprint density at radius 1 is 1.25 bits per heavy atom. The molecule has 2 aromatic heterocycles. The van der Waals surface area contributed by atoms with E-state index in [9.17, 15) is 24.8 Å². The Labute approximate surface area is 182 Å². The van der Waals surface area contributed by atoms with Gasteiger partial charge in [0.2, 0.25) is 0 Å². The van der Waals surface area contributed by atoms with Crippen LogP contribution in [0.15, 0.2) is 54.2 Å². The number of likely N-dealkylation sites (tertiary alicyclic amines) is 1. The summed E-state index contributed by atoms with van der Waals surface area (Å²) in [6, 6.07) is 9.95. The maximum Gasteiger partial charge on any atom is 0.295 e. The number of ketones is 1. The molecule has 0 saturated carbocycles. The van der Waals surface area contributed by atoms with Gasteiger partial charge >= 0.3 is 0 Å². The highest BCUT2D eigenvalue weighted by molar-refractivity contribution is 6.46. The summed E-state index contributed by atoms with van der Waals surface area (Å²) in [7, 11) is 1.46. The van der Waals surface area contributed by atoms with Crippen molar-refractivity contribution in [3.05, 3.63) is 81.3 Å². The lowest BCUT2D eigenvalue weighted by Gasteiger charge is -2.24. The maximum atomic E-state index is 13.1. The zero-order chi connectivity index (χ0) is 23.0. The molecular weight excluding hydrogens is 416 g/mol.